The van der Waals surface area contributed by atoms with E-state index in [1.807, 2.05) is 41.8 Å². The Balaban J connectivity index is 1.57. The van der Waals surface area contributed by atoms with Crippen molar-refractivity contribution in [2.24, 2.45) is 0 Å². The Kier molecular flexibility index (Phi) is 4.41. The van der Waals surface area contributed by atoms with Crippen molar-refractivity contribution in [3.05, 3.63) is 76.5 Å². The van der Waals surface area contributed by atoms with Crippen molar-refractivity contribution >= 4 is 34.5 Å². The minimum absolute atomic E-state index is 0.0117. The van der Waals surface area contributed by atoms with Crippen LogP contribution in [0.15, 0.2) is 66.0 Å². The van der Waals surface area contributed by atoms with Crippen molar-refractivity contribution < 1.29 is 14.3 Å². The fourth-order valence-corrected chi connectivity index (χ4v) is 3.44. The van der Waals surface area contributed by atoms with Gasteiger partial charge in [-0.3, -0.25) is 9.59 Å². The molecule has 0 saturated carbocycles. The maximum atomic E-state index is 12.3. The summed E-state index contributed by atoms with van der Waals surface area (Å²) in [5, 5.41) is 4.72. The van der Waals surface area contributed by atoms with Crippen molar-refractivity contribution in [3.63, 3.8) is 0 Å². The third kappa shape index (κ3) is 3.32. The quantitative estimate of drug-likeness (QED) is 0.763. The van der Waals surface area contributed by atoms with Gasteiger partial charge in [0.2, 0.25) is 0 Å². The lowest BCUT2D eigenvalue weighted by Crippen LogP contribution is -2.38. The number of carbonyl (C=O) groups is 2. The van der Waals surface area contributed by atoms with Crippen LogP contribution in [0.5, 0.6) is 5.75 Å². The monoisotopic (exact) mass is 364 g/mol. The average Bonchev–Trinajstić information content (AvgIpc) is 3.20. The Morgan fingerprint density at radius 2 is 1.96 bits per heavy atom. The number of nitrogens with one attached hydrogen (secondary N) is 1. The zero-order valence-corrected chi connectivity index (χ0v) is 14.7. The number of hydrogen-bond donors (Lipinski definition) is 1. The maximum Gasteiger partial charge on any atom is 0.265 e. The number of carbonyl (C=O) groups excluding carboxylic acids is 2. The number of ether oxygens (including phenoxy) is 1. The van der Waals surface area contributed by atoms with Crippen molar-refractivity contribution in [1.82, 2.24) is 0 Å². The molecule has 5 nitrogen and oxygen atoms in total. The molecule has 0 aliphatic carbocycles. The Morgan fingerprint density at radius 1 is 1.12 bits per heavy atom. The minimum Gasteiger partial charge on any atom is -0.481 e. The number of fused-ring (bicyclic) bond motifs is 1. The van der Waals surface area contributed by atoms with E-state index in [0.717, 1.165) is 5.56 Å². The van der Waals surface area contributed by atoms with Crippen LogP contribution in [-0.2, 0) is 11.3 Å². The Bertz CT molecular complexity index is 939. The summed E-state index contributed by atoms with van der Waals surface area (Å²) < 4.78 is 5.58. The van der Waals surface area contributed by atoms with E-state index in [1.165, 1.54) is 11.3 Å². The first-order chi connectivity index (χ1) is 12.7. The van der Waals surface area contributed by atoms with Crippen LogP contribution in [-0.4, -0.2) is 18.4 Å². The molecule has 6 heteroatoms. The van der Waals surface area contributed by atoms with E-state index < -0.39 is 0 Å². The van der Waals surface area contributed by atoms with Gasteiger partial charge in [-0.05, 0) is 29.1 Å². The summed E-state index contributed by atoms with van der Waals surface area (Å²) in [5.74, 6) is 0.342. The van der Waals surface area contributed by atoms with Crippen molar-refractivity contribution in [2.75, 3.05) is 16.8 Å². The lowest BCUT2D eigenvalue weighted by atomic mass is 10.1. The summed E-state index contributed by atoms with van der Waals surface area (Å²) in [6, 6.07) is 18.8. The molecule has 0 atom stereocenters. The molecule has 4 rings (SSSR count). The van der Waals surface area contributed by atoms with E-state index in [0.29, 0.717) is 28.5 Å². The second-order valence-corrected chi connectivity index (χ2v) is 6.82. The van der Waals surface area contributed by atoms with Gasteiger partial charge in [-0.25, -0.2) is 0 Å². The number of rotatable bonds is 4. The summed E-state index contributed by atoms with van der Waals surface area (Å²) >= 11 is 1.38. The number of nitrogens with zero attached hydrogens (tertiary/aromatic N) is 1. The predicted octanol–water partition coefficient (Wildman–Crippen LogP) is 3.93. The molecule has 2 amide bonds. The largest absolute Gasteiger partial charge is 0.481 e. The SMILES string of the molecule is O=C(Nc1ccc2c(c1)OCC(=O)N2Cc1ccccc1)c1cccs1. The van der Waals surface area contributed by atoms with Crippen LogP contribution in [0.1, 0.15) is 15.2 Å². The topological polar surface area (TPSA) is 58.6 Å². The van der Waals surface area contributed by atoms with Crippen LogP contribution in [0.4, 0.5) is 11.4 Å². The molecule has 0 spiro atoms. The van der Waals surface area contributed by atoms with E-state index >= 15 is 0 Å². The number of anilines is 2. The molecule has 0 fully saturated rings. The minimum atomic E-state index is -0.159. The molecule has 3 aromatic rings. The van der Waals surface area contributed by atoms with Gasteiger partial charge >= 0.3 is 0 Å². The van der Waals surface area contributed by atoms with Gasteiger partial charge in [0, 0.05) is 11.8 Å². The molecule has 130 valence electrons. The Morgan fingerprint density at radius 3 is 2.73 bits per heavy atom. The first kappa shape index (κ1) is 16.4. The molecule has 26 heavy (non-hydrogen) atoms. The lowest BCUT2D eigenvalue weighted by Gasteiger charge is -2.29. The van der Waals surface area contributed by atoms with Crippen LogP contribution < -0.4 is 15.0 Å². The van der Waals surface area contributed by atoms with E-state index in [4.69, 9.17) is 4.74 Å². The molecule has 2 aromatic carbocycles. The van der Waals surface area contributed by atoms with E-state index in [2.05, 4.69) is 5.32 Å². The van der Waals surface area contributed by atoms with Gasteiger partial charge in [-0.2, -0.15) is 0 Å². The highest BCUT2D eigenvalue weighted by atomic mass is 32.1. The maximum absolute atomic E-state index is 12.3. The van der Waals surface area contributed by atoms with Crippen LogP contribution >= 0.6 is 11.3 Å². The Labute approximate surface area is 154 Å². The molecule has 1 aliphatic heterocycles. The Hall–Kier alpha value is -3.12. The van der Waals surface area contributed by atoms with Gasteiger partial charge in [-0.15, -0.1) is 11.3 Å². The number of thiophene rings is 1. The second kappa shape index (κ2) is 7.01. The summed E-state index contributed by atoms with van der Waals surface area (Å²) in [6.07, 6.45) is 0. The fourth-order valence-electron chi connectivity index (χ4n) is 2.82. The predicted molar refractivity (Wildman–Crippen MR) is 102 cm³/mol. The van der Waals surface area contributed by atoms with Crippen molar-refractivity contribution in [1.29, 1.82) is 0 Å². The molecule has 0 unspecified atom stereocenters. The van der Waals surface area contributed by atoms with Crippen molar-refractivity contribution in [3.8, 4) is 5.75 Å². The highest BCUT2D eigenvalue weighted by Gasteiger charge is 2.26. The zero-order chi connectivity index (χ0) is 17.9. The van der Waals surface area contributed by atoms with Gasteiger partial charge in [0.15, 0.2) is 6.61 Å². The summed E-state index contributed by atoms with van der Waals surface area (Å²) in [6.45, 7) is 0.471. The standard InChI is InChI=1S/C20H16N2O3S/c23-19-13-25-17-11-15(21-20(24)18-7-4-10-26-18)8-9-16(17)22(19)12-14-5-2-1-3-6-14/h1-11H,12-13H2,(H,21,24). The molecular formula is C20H16N2O3S. The first-order valence-electron chi connectivity index (χ1n) is 8.17. The van der Waals surface area contributed by atoms with E-state index in [9.17, 15) is 9.59 Å². The summed E-state index contributed by atoms with van der Waals surface area (Å²) in [4.78, 5) is 26.9. The third-order valence-corrected chi connectivity index (χ3v) is 4.96. The number of amides is 2. The van der Waals surface area contributed by atoms with Crippen LogP contribution in [0.2, 0.25) is 0 Å². The van der Waals surface area contributed by atoms with Gasteiger partial charge < -0.3 is 15.0 Å². The fraction of sp³-hybridized carbons (Fsp3) is 0.100. The highest BCUT2D eigenvalue weighted by Crippen LogP contribution is 2.35. The number of benzene rings is 2. The van der Waals surface area contributed by atoms with Crippen molar-refractivity contribution in [2.45, 2.75) is 6.54 Å². The molecule has 0 saturated heterocycles. The molecule has 1 aromatic heterocycles. The molecule has 1 aliphatic rings. The van der Waals surface area contributed by atoms with E-state index in [-0.39, 0.29) is 18.4 Å². The highest BCUT2D eigenvalue weighted by molar-refractivity contribution is 7.12. The third-order valence-electron chi connectivity index (χ3n) is 4.09. The van der Waals surface area contributed by atoms with E-state index in [1.54, 1.807) is 29.2 Å². The smallest absolute Gasteiger partial charge is 0.265 e. The van der Waals surface area contributed by atoms with Crippen LogP contribution in [0, 0.1) is 0 Å². The molecule has 2 heterocycles. The van der Waals surface area contributed by atoms with Crippen LogP contribution in [0.25, 0.3) is 0 Å². The molecular weight excluding hydrogens is 348 g/mol. The summed E-state index contributed by atoms with van der Waals surface area (Å²) in [7, 11) is 0. The molecule has 1 N–H and O–H groups in total. The molecule has 0 radical (unpaired) electrons. The van der Waals surface area contributed by atoms with Gasteiger partial charge in [-0.1, -0.05) is 36.4 Å². The average molecular weight is 364 g/mol. The molecule has 0 bridgehead atoms. The zero-order valence-electron chi connectivity index (χ0n) is 13.8. The second-order valence-electron chi connectivity index (χ2n) is 5.87. The summed E-state index contributed by atoms with van der Waals surface area (Å²) in [5.41, 5.74) is 2.39. The number of hydrogen-bond acceptors (Lipinski definition) is 4. The normalized spacial score (nSPS) is 13.1. The van der Waals surface area contributed by atoms with Crippen LogP contribution in [0.3, 0.4) is 0 Å². The first-order valence-corrected chi connectivity index (χ1v) is 9.05. The van der Waals surface area contributed by atoms with Gasteiger partial charge in [0.05, 0.1) is 17.1 Å². The lowest BCUT2D eigenvalue weighted by molar-refractivity contribution is -0.121. The van der Waals surface area contributed by atoms with Gasteiger partial charge in [0.25, 0.3) is 11.8 Å². The van der Waals surface area contributed by atoms with Gasteiger partial charge in [0.1, 0.15) is 5.75 Å².